The van der Waals surface area contributed by atoms with E-state index in [1.807, 2.05) is 268 Å². The highest BCUT2D eigenvalue weighted by Crippen LogP contribution is 2.61. The van der Waals surface area contributed by atoms with Crippen molar-refractivity contribution in [2.45, 2.75) is 136 Å². The van der Waals surface area contributed by atoms with E-state index in [2.05, 4.69) is 121 Å². The maximum Gasteiger partial charge on any atom is 0.339 e. The third kappa shape index (κ3) is 35.8. The minimum absolute atomic E-state index is 0. The maximum absolute atomic E-state index is 11.6. The summed E-state index contributed by atoms with van der Waals surface area (Å²) in [5.74, 6) is 8.27. The summed E-state index contributed by atoms with van der Waals surface area (Å²) in [5.41, 5.74) is 16.7. The number of aromatic amines is 1. The average Bonchev–Trinajstić information content (AvgIpc) is 1.64. The Morgan fingerprint density at radius 3 is 1.01 bits per heavy atom. The van der Waals surface area contributed by atoms with Crippen LogP contribution in [-0.4, -0.2) is 136 Å². The first-order chi connectivity index (χ1) is 66.0. The minimum Gasteiger partial charge on any atom is -0.480 e. The number of nitrogens with one attached hydrogen (secondary N) is 3. The molecule has 0 unspecified atom stereocenters. The van der Waals surface area contributed by atoms with Crippen molar-refractivity contribution in [2.75, 3.05) is 6.54 Å². The van der Waals surface area contributed by atoms with E-state index in [1.165, 1.54) is 47.1 Å². The zero-order chi connectivity index (χ0) is 99.7. The standard InChI is InChI=1S/2C24H19ClN6OS.C13H9ClN4S.C12H14ClNO2.C11H11ClN2O.C8H10N2O.C3H5ClO2.4CH4.Cl3OP/c2*1-15-7-9-18(10-8-15)23-29-28-22(32-23)16(2)33-24-30-27-21(17-11-13-26-14-12-17)31(24)20-6-4-3-5-19(20)25;14-10-3-1-2-4-11(10)18-12(16-17-13(18)19)9-5-7-15-8-6-9;1-8-3-5-10(6-4-8)12(16)14-7-11(15)9(2)13;1-7-3-5-9(6-4-7)11-14-13-10(15-11)8(2)12;1-6-2-4-7(5-3-6)8(11)10-9;1-2(4)3(5)6;;;;;1-5(2,3)4/h2*3-14,16H,1-2H3;1-8H,(H,17,19);3-6,9H,7H2,1-2H3,(H,14,16);3-6,8H,1-2H3;2-5H,9H2,1H3,(H,10,11);2H,1H3,(H,5,6);4*1H4;/t2*16-;;9-;8-;;2-;;;;;/m10.11.1...../s1. The van der Waals surface area contributed by atoms with Gasteiger partial charge in [0.2, 0.25) is 35.3 Å². The van der Waals surface area contributed by atoms with Crippen molar-refractivity contribution in [3.8, 4) is 85.6 Å². The number of halogens is 9. The van der Waals surface area contributed by atoms with Crippen LogP contribution in [0.1, 0.15) is 146 Å². The Labute approximate surface area is 881 Å². The molecule has 0 radical (unpaired) electrons. The highest BCUT2D eigenvalue weighted by molar-refractivity contribution is 8.24. The van der Waals surface area contributed by atoms with Gasteiger partial charge in [0, 0.05) is 81.7 Å². The number of nitrogens with two attached hydrogens (primary N) is 1. The molecule has 30 nitrogen and oxygen atoms in total. The van der Waals surface area contributed by atoms with E-state index in [9.17, 15) is 23.7 Å². The summed E-state index contributed by atoms with van der Waals surface area (Å²) in [4.78, 5) is 55.4. The molecule has 17 aromatic rings. The summed E-state index contributed by atoms with van der Waals surface area (Å²) in [5, 5.41) is 58.1. The van der Waals surface area contributed by atoms with Crippen molar-refractivity contribution in [1.29, 1.82) is 0 Å². The van der Waals surface area contributed by atoms with Crippen LogP contribution in [0.4, 0.5) is 0 Å². The van der Waals surface area contributed by atoms with Crippen LogP contribution in [0.3, 0.4) is 0 Å². The van der Waals surface area contributed by atoms with Gasteiger partial charge in [-0.15, -0.1) is 85.8 Å². The molecule has 9 aromatic heterocycles. The van der Waals surface area contributed by atoms with Crippen LogP contribution in [0.15, 0.2) is 291 Å². The molecule has 0 saturated carbocycles. The Morgan fingerprint density at radius 2 is 0.711 bits per heavy atom. The van der Waals surface area contributed by atoms with E-state index in [0.29, 0.717) is 94.1 Å². The first-order valence-electron chi connectivity index (χ1n) is 41.4. The normalized spacial score (nSPS) is 11.4. The lowest BCUT2D eigenvalue weighted by Crippen LogP contribution is -2.32. The predicted octanol–water partition coefficient (Wildman–Crippen LogP) is 28.0. The minimum atomic E-state index is -3.22. The van der Waals surface area contributed by atoms with Crippen LogP contribution in [0.5, 0.6) is 0 Å². The number of ketones is 1. The summed E-state index contributed by atoms with van der Waals surface area (Å²) in [6.45, 7) is 18.8. The Bertz CT molecular complexity index is 6710. The van der Waals surface area contributed by atoms with E-state index in [0.717, 1.165) is 61.6 Å². The number of aromatic nitrogens is 18. The number of carboxylic acids is 1. The van der Waals surface area contributed by atoms with Gasteiger partial charge in [0.15, 0.2) is 38.3 Å². The van der Waals surface area contributed by atoms with Crippen molar-refractivity contribution >= 4 is 168 Å². The number of carbonyl (C=O) groups excluding carboxylic acids is 3. The Morgan fingerprint density at radius 1 is 0.415 bits per heavy atom. The van der Waals surface area contributed by atoms with E-state index in [-0.39, 0.29) is 69.7 Å². The number of Topliss-reactive ketones (excluding diaryl/α,β-unsaturated/α-hetero) is 1. The molecule has 5 atom stereocenters. The zero-order valence-electron chi connectivity index (χ0n) is 75.0. The zero-order valence-corrected chi connectivity index (χ0v) is 85.1. The number of carboxylic acid groups (broad SMARTS) is 1. The number of H-pyrrole nitrogens is 1. The smallest absolute Gasteiger partial charge is 0.339 e. The van der Waals surface area contributed by atoms with E-state index in [4.69, 9.17) is 106 Å². The van der Waals surface area contributed by atoms with Crippen LogP contribution in [0.25, 0.3) is 85.6 Å². The largest absolute Gasteiger partial charge is 0.480 e. The summed E-state index contributed by atoms with van der Waals surface area (Å²) < 4.78 is 33.1. The molecule has 142 heavy (non-hydrogen) atoms. The van der Waals surface area contributed by atoms with Crippen molar-refractivity contribution in [3.63, 3.8) is 0 Å². The third-order valence-electron chi connectivity index (χ3n) is 18.8. The number of aliphatic carboxylic acids is 1. The van der Waals surface area contributed by atoms with E-state index >= 15 is 0 Å². The summed E-state index contributed by atoms with van der Waals surface area (Å²) in [6, 6.07) is 72.2. The number of alkyl halides is 3. The third-order valence-corrected chi connectivity index (χ3v) is 22.7. The van der Waals surface area contributed by atoms with Gasteiger partial charge in [-0.05, 0) is 249 Å². The number of thioether (sulfide) groups is 2. The molecule has 0 fully saturated rings. The highest BCUT2D eigenvalue weighted by Gasteiger charge is 2.27. The van der Waals surface area contributed by atoms with Gasteiger partial charge in [0.05, 0.1) is 54.6 Å². The average molecular weight is 2180 g/mol. The second kappa shape index (κ2) is 58.4. The predicted molar refractivity (Wildman–Crippen MR) is 574 cm³/mol. The molecule has 744 valence electrons. The fraction of sp³-hybridized carbons (Fsp3) is 0.202. The number of pyridine rings is 3. The molecule has 0 spiro atoms. The molecule has 0 aliphatic carbocycles. The van der Waals surface area contributed by atoms with Crippen molar-refractivity contribution < 1.29 is 42.1 Å². The molecular formula is C99H103Cl9N21O9PS3. The lowest BCUT2D eigenvalue weighted by molar-refractivity contribution is -0.136. The molecule has 2 amide bonds. The molecule has 17 rings (SSSR count). The van der Waals surface area contributed by atoms with Gasteiger partial charge in [-0.3, -0.25) is 62.9 Å². The number of hydrogen-bond donors (Lipinski definition) is 5. The number of aryl methyl sites for hydroxylation is 5. The second-order valence-electron chi connectivity index (χ2n) is 29.4. The van der Waals surface area contributed by atoms with E-state index in [1.54, 1.807) is 75.3 Å². The molecule has 9 heterocycles. The Balaban J connectivity index is 0.000000263. The first-order valence-corrected chi connectivity index (χ1v) is 50.4. The van der Waals surface area contributed by atoms with Crippen LogP contribution in [0, 0.1) is 39.4 Å². The number of para-hydroxylation sites is 3. The lowest BCUT2D eigenvalue weighted by atomic mass is 10.1. The van der Waals surface area contributed by atoms with Crippen molar-refractivity contribution in [2.24, 2.45) is 5.84 Å². The van der Waals surface area contributed by atoms with Crippen molar-refractivity contribution in [1.82, 2.24) is 101 Å². The van der Waals surface area contributed by atoms with Gasteiger partial charge < -0.3 is 23.7 Å². The number of amides is 2. The fourth-order valence-corrected chi connectivity index (χ4v) is 14.4. The van der Waals surface area contributed by atoms with Crippen molar-refractivity contribution in [3.05, 3.63) is 344 Å². The SMILES string of the molecule is C.C.C.C.C[C@@H](Cl)C(=O)O.Cc1ccc(-c2nnc([C@@H](C)Cl)o2)cc1.Cc1ccc(-c2nnc([C@@H](C)Sc3nnc(-c4ccncc4)n3-c3ccccc3Cl)o2)cc1.Cc1ccc(-c2nnc([C@H](C)Sc3nnc(-c4ccncc4)n3-c3ccccc3Cl)o2)cc1.Cc1ccc(C(=O)NCC(=O)[C@@H](C)Cl)cc1.Cc1ccc(C(=O)NN)cc1.O=P(Cl)(Cl)Cl.S=c1[nH]nc(-c2ccncc2)n1-c1ccccc1Cl. The van der Waals surface area contributed by atoms with Gasteiger partial charge in [0.25, 0.3) is 11.8 Å². The van der Waals surface area contributed by atoms with Crippen LogP contribution < -0.4 is 16.6 Å². The molecule has 0 bridgehead atoms. The maximum atomic E-state index is 11.6. The number of benzene rings is 8. The second-order valence-corrected chi connectivity index (χ2v) is 42.3. The van der Waals surface area contributed by atoms with Gasteiger partial charge >= 0.3 is 11.2 Å². The summed E-state index contributed by atoms with van der Waals surface area (Å²) >= 11 is 57.8. The number of carbonyl (C=O) groups is 4. The number of hydrogen-bond acceptors (Lipinski definition) is 26. The number of hydrazine groups is 1. The topological polar surface area (TPSA) is 406 Å². The van der Waals surface area contributed by atoms with Crippen LogP contribution >= 0.6 is 144 Å². The van der Waals surface area contributed by atoms with Crippen LogP contribution in [-0.2, 0) is 14.2 Å². The Kier molecular flexibility index (Phi) is 48.8. The molecule has 0 aliphatic heterocycles. The molecule has 6 N–H and O–H groups in total. The van der Waals surface area contributed by atoms with Gasteiger partial charge in [-0.25, -0.2) is 5.84 Å². The monoisotopic (exact) mass is 2170 g/mol. The fourth-order valence-electron chi connectivity index (χ4n) is 11.6. The van der Waals surface area contributed by atoms with Crippen LogP contribution in [0.2, 0.25) is 15.1 Å². The quantitative estimate of drug-likeness (QED) is 0.00800. The summed E-state index contributed by atoms with van der Waals surface area (Å²) in [7, 11) is 0. The van der Waals surface area contributed by atoms with Gasteiger partial charge in [0.1, 0.15) is 10.8 Å². The molecular weight excluding hydrogens is 2070 g/mol. The molecule has 43 heteroatoms. The molecule has 8 aromatic carbocycles. The number of nitrogens with zero attached hydrogens (tertiary/aromatic N) is 17. The Hall–Kier alpha value is -12.2. The number of nitrogen functional groups attached to an aromatic ring is 1. The first kappa shape index (κ1) is 119. The molecule has 0 saturated heterocycles. The van der Waals surface area contributed by atoms with Gasteiger partial charge in [-0.1, -0.05) is 213 Å². The summed E-state index contributed by atoms with van der Waals surface area (Å²) in [6.07, 6.45) is 10.3. The van der Waals surface area contributed by atoms with E-state index < -0.39 is 21.9 Å². The number of rotatable bonds is 22. The van der Waals surface area contributed by atoms with Gasteiger partial charge in [-0.2, -0.15) is 5.10 Å². The lowest BCUT2D eigenvalue weighted by Gasteiger charge is -2.13. The highest BCUT2D eigenvalue weighted by atomic mass is 36.0. The molecule has 0 aliphatic rings.